The summed E-state index contributed by atoms with van der Waals surface area (Å²) in [6.45, 7) is 2.45. The Morgan fingerprint density at radius 3 is 1.84 bits per heavy atom. The summed E-state index contributed by atoms with van der Waals surface area (Å²) in [6.07, 6.45) is 12.1. The van der Waals surface area contributed by atoms with Crippen LogP contribution in [0.25, 0.3) is 0 Å². The Morgan fingerprint density at radius 1 is 0.760 bits per heavy atom. The van der Waals surface area contributed by atoms with Crippen molar-refractivity contribution in [2.45, 2.75) is 77.7 Å². The number of benzene rings is 1. The Hall–Kier alpha value is 0.350. The molecule has 0 aliphatic heterocycles. The van der Waals surface area contributed by atoms with Crippen LogP contribution in [0.2, 0.25) is 0 Å². The first-order chi connectivity index (χ1) is 11.6. The summed E-state index contributed by atoms with van der Waals surface area (Å²) >= 11 is 0. The molecule has 0 saturated heterocycles. The van der Waals surface area contributed by atoms with E-state index in [1.165, 1.54) is 44.9 Å². The van der Waals surface area contributed by atoms with Crippen molar-refractivity contribution in [2.24, 2.45) is 0 Å². The molecule has 0 bridgehead atoms. The minimum absolute atomic E-state index is 0. The van der Waals surface area contributed by atoms with Crippen LogP contribution >= 0.6 is 0 Å². The van der Waals surface area contributed by atoms with E-state index in [1.54, 1.807) is 0 Å². The van der Waals surface area contributed by atoms with E-state index >= 15 is 0 Å². The summed E-state index contributed by atoms with van der Waals surface area (Å²) < 4.78 is 33.0. The van der Waals surface area contributed by atoms with Crippen LogP contribution in [0.15, 0.2) is 30.3 Å². The minimum atomic E-state index is -3.89. The van der Waals surface area contributed by atoms with Gasteiger partial charge in [-0.1, -0.05) is 95.0 Å². The third-order valence-electron chi connectivity index (χ3n) is 3.94. The summed E-state index contributed by atoms with van der Waals surface area (Å²) in [7, 11) is -3.89. The molecule has 4 nitrogen and oxygen atoms in total. The van der Waals surface area contributed by atoms with Crippen molar-refractivity contribution in [1.82, 2.24) is 0 Å². The number of hydrogen-bond acceptors (Lipinski definition) is 4. The zero-order valence-corrected chi connectivity index (χ0v) is 15.7. The molecule has 0 heterocycles. The molecule has 0 fully saturated rings. The molecule has 0 aliphatic rings. The normalized spacial score (nSPS) is 11.2. The number of hydrogen-bond donors (Lipinski definition) is 0. The van der Waals surface area contributed by atoms with E-state index in [1.807, 2.05) is 30.3 Å². The summed E-state index contributed by atoms with van der Waals surface area (Å²) in [6, 6.07) is 9.20. The van der Waals surface area contributed by atoms with Crippen LogP contribution in [0.4, 0.5) is 0 Å². The second-order valence-corrected chi connectivity index (χ2v) is 7.45. The Morgan fingerprint density at radius 2 is 1.28 bits per heavy atom. The van der Waals surface area contributed by atoms with Gasteiger partial charge >= 0.3 is 48.1 Å². The first kappa shape index (κ1) is 25.3. The van der Waals surface area contributed by atoms with E-state index in [0.29, 0.717) is 0 Å². The summed E-state index contributed by atoms with van der Waals surface area (Å²) in [4.78, 5) is 0. The molecule has 142 valence electrons. The summed E-state index contributed by atoms with van der Waals surface area (Å²) in [5.41, 5.74) is 0.809. The third-order valence-corrected chi connectivity index (χ3v) is 4.80. The van der Waals surface area contributed by atoms with Gasteiger partial charge in [0.2, 0.25) is 0 Å². The van der Waals surface area contributed by atoms with E-state index in [2.05, 4.69) is 6.92 Å². The van der Waals surface area contributed by atoms with Gasteiger partial charge in [-0.2, -0.15) is 8.42 Å². The Bertz CT molecular complexity index is 505. The van der Waals surface area contributed by atoms with Gasteiger partial charge in [-0.3, -0.25) is 0 Å². The summed E-state index contributed by atoms with van der Waals surface area (Å²) in [5.74, 6) is 0. The standard InChI is InChI=1S/C19H32O4S.Ca.2H/c1-2-3-4-5-6-7-8-9-10-14-17-22-24(20,21)23-18-19-15-12-11-13-16-19;;;/h11-13,15-16H,2-10,14,17-18H2,1H3;;;. The molecule has 0 spiro atoms. The van der Waals surface area contributed by atoms with Crippen molar-refractivity contribution in [3.63, 3.8) is 0 Å². The van der Waals surface area contributed by atoms with Crippen molar-refractivity contribution < 1.29 is 16.8 Å². The van der Waals surface area contributed by atoms with Gasteiger partial charge in [0.15, 0.2) is 0 Å². The number of unbranched alkanes of at least 4 members (excludes halogenated alkanes) is 9. The molecule has 1 rings (SSSR count). The van der Waals surface area contributed by atoms with Gasteiger partial charge in [0.1, 0.15) is 0 Å². The monoisotopic (exact) mass is 398 g/mol. The van der Waals surface area contributed by atoms with Crippen LogP contribution in [0, 0.1) is 0 Å². The first-order valence-corrected chi connectivity index (χ1v) is 10.5. The van der Waals surface area contributed by atoms with Gasteiger partial charge in [0.25, 0.3) is 0 Å². The maximum absolute atomic E-state index is 11.6. The second-order valence-electron chi connectivity index (χ2n) is 6.16. The maximum atomic E-state index is 11.6. The molecule has 0 aliphatic carbocycles. The van der Waals surface area contributed by atoms with Gasteiger partial charge in [0.05, 0.1) is 13.2 Å². The predicted molar refractivity (Wildman–Crippen MR) is 106 cm³/mol. The van der Waals surface area contributed by atoms with Crippen molar-refractivity contribution in [3.8, 4) is 0 Å². The van der Waals surface area contributed by atoms with Crippen molar-refractivity contribution >= 4 is 48.1 Å². The molecule has 25 heavy (non-hydrogen) atoms. The molecule has 1 aromatic rings. The number of rotatable bonds is 15. The van der Waals surface area contributed by atoms with Crippen molar-refractivity contribution in [3.05, 3.63) is 35.9 Å². The molecule has 0 aromatic heterocycles. The molecule has 0 N–H and O–H groups in total. The molecule has 1 aromatic carbocycles. The average molecular weight is 399 g/mol. The van der Waals surface area contributed by atoms with Crippen LogP contribution in [-0.4, -0.2) is 52.8 Å². The Balaban J connectivity index is 0.00000576. The van der Waals surface area contributed by atoms with Gasteiger partial charge < -0.3 is 0 Å². The van der Waals surface area contributed by atoms with E-state index in [0.717, 1.165) is 24.8 Å². The molecule has 0 amide bonds. The van der Waals surface area contributed by atoms with Crippen LogP contribution in [-0.2, 0) is 25.4 Å². The summed E-state index contributed by atoms with van der Waals surface area (Å²) in [5, 5.41) is 0. The first-order valence-electron chi connectivity index (χ1n) is 9.22. The van der Waals surface area contributed by atoms with Gasteiger partial charge in [0, 0.05) is 0 Å². The van der Waals surface area contributed by atoms with Crippen molar-refractivity contribution in [2.75, 3.05) is 6.61 Å². The van der Waals surface area contributed by atoms with Crippen LogP contribution in [0.5, 0.6) is 0 Å². The van der Waals surface area contributed by atoms with Gasteiger partial charge in [-0.25, -0.2) is 8.37 Å². The third kappa shape index (κ3) is 15.1. The molecule has 0 saturated carbocycles. The molecule has 0 unspecified atom stereocenters. The fourth-order valence-corrected chi connectivity index (χ4v) is 3.17. The van der Waals surface area contributed by atoms with Crippen molar-refractivity contribution in [1.29, 1.82) is 0 Å². The van der Waals surface area contributed by atoms with Gasteiger partial charge in [-0.15, -0.1) is 0 Å². The van der Waals surface area contributed by atoms with Crippen LogP contribution < -0.4 is 0 Å². The molecular weight excluding hydrogens is 364 g/mol. The zero-order valence-electron chi connectivity index (χ0n) is 14.9. The fourth-order valence-electron chi connectivity index (χ4n) is 2.50. The molecule has 0 radical (unpaired) electrons. The van der Waals surface area contributed by atoms with E-state index in [-0.39, 0.29) is 51.0 Å². The fraction of sp³-hybridized carbons (Fsp3) is 0.684. The van der Waals surface area contributed by atoms with E-state index < -0.39 is 10.4 Å². The molecule has 0 atom stereocenters. The predicted octanol–water partition coefficient (Wildman–Crippen LogP) is 4.47. The van der Waals surface area contributed by atoms with Crippen LogP contribution in [0.1, 0.15) is 76.7 Å². The topological polar surface area (TPSA) is 52.6 Å². The molecule has 6 heteroatoms. The van der Waals surface area contributed by atoms with E-state index in [4.69, 9.17) is 8.37 Å². The SMILES string of the molecule is CCCCCCCCCCCCOS(=O)(=O)OCc1ccccc1.[CaH2]. The Kier molecular flexibility index (Phi) is 16.7. The zero-order chi connectivity index (χ0) is 17.5. The van der Waals surface area contributed by atoms with E-state index in [9.17, 15) is 8.42 Å². The average Bonchev–Trinajstić information content (AvgIpc) is 2.59. The Labute approximate surface area is 184 Å². The van der Waals surface area contributed by atoms with Gasteiger partial charge in [-0.05, 0) is 12.0 Å². The quantitative estimate of drug-likeness (QED) is 0.323. The second kappa shape index (κ2) is 16.5. The van der Waals surface area contributed by atoms with Crippen LogP contribution in [0.3, 0.4) is 0 Å². The molecular formula is C19H34CaO4S.